The first-order valence-corrected chi connectivity index (χ1v) is 7.52. The molecule has 1 aliphatic rings. The molecule has 2 N–H and O–H groups in total. The van der Waals surface area contributed by atoms with Gasteiger partial charge in [-0.2, -0.15) is 0 Å². The maximum atomic E-state index is 12.2. The summed E-state index contributed by atoms with van der Waals surface area (Å²) in [5.74, 6) is 0.521. The van der Waals surface area contributed by atoms with Gasteiger partial charge in [0.05, 0.1) is 5.60 Å². The SMILES string of the molecule is CCCNc1ccc(C(=O)NC2CCOC(C)(C)C2)nn1. The predicted octanol–water partition coefficient (Wildman–Crippen LogP) is 1.99. The molecule has 1 aliphatic heterocycles. The fourth-order valence-corrected chi connectivity index (χ4v) is 2.42. The van der Waals surface area contributed by atoms with Crippen molar-refractivity contribution in [1.82, 2.24) is 15.5 Å². The Kier molecular flexibility index (Phi) is 5.12. The van der Waals surface area contributed by atoms with E-state index in [1.165, 1.54) is 0 Å². The van der Waals surface area contributed by atoms with Crippen LogP contribution in [0, 0.1) is 0 Å². The largest absolute Gasteiger partial charge is 0.375 e. The highest BCUT2D eigenvalue weighted by atomic mass is 16.5. The monoisotopic (exact) mass is 292 g/mol. The molecule has 21 heavy (non-hydrogen) atoms. The molecule has 1 aromatic rings. The zero-order chi connectivity index (χ0) is 15.3. The number of hydrogen-bond acceptors (Lipinski definition) is 5. The molecule has 1 aromatic heterocycles. The Bertz CT molecular complexity index is 473. The van der Waals surface area contributed by atoms with Crippen LogP contribution in [0.1, 0.15) is 50.5 Å². The normalized spacial score (nSPS) is 20.8. The van der Waals surface area contributed by atoms with E-state index in [1.807, 2.05) is 13.8 Å². The van der Waals surface area contributed by atoms with Gasteiger partial charge in [-0.25, -0.2) is 0 Å². The van der Waals surface area contributed by atoms with Gasteiger partial charge < -0.3 is 15.4 Å². The van der Waals surface area contributed by atoms with Crippen LogP contribution in [0.2, 0.25) is 0 Å². The number of anilines is 1. The van der Waals surface area contributed by atoms with Crippen molar-refractivity contribution in [3.8, 4) is 0 Å². The molecule has 1 unspecified atom stereocenters. The standard InChI is InChI=1S/C15H24N4O2/c1-4-8-16-13-6-5-12(18-19-13)14(20)17-11-7-9-21-15(2,3)10-11/h5-6,11H,4,7-10H2,1-3H3,(H,16,19)(H,17,20). The number of ether oxygens (including phenoxy) is 1. The first-order valence-electron chi connectivity index (χ1n) is 7.52. The van der Waals surface area contributed by atoms with Gasteiger partial charge >= 0.3 is 0 Å². The van der Waals surface area contributed by atoms with E-state index in [0.717, 1.165) is 25.8 Å². The second-order valence-corrected chi connectivity index (χ2v) is 6.00. The van der Waals surface area contributed by atoms with E-state index in [2.05, 4.69) is 27.8 Å². The van der Waals surface area contributed by atoms with E-state index in [4.69, 9.17) is 4.74 Å². The fraction of sp³-hybridized carbons (Fsp3) is 0.667. The summed E-state index contributed by atoms with van der Waals surface area (Å²) < 4.78 is 5.65. The van der Waals surface area contributed by atoms with Gasteiger partial charge in [0.15, 0.2) is 5.69 Å². The number of nitrogens with one attached hydrogen (secondary N) is 2. The van der Waals surface area contributed by atoms with Crippen molar-refractivity contribution < 1.29 is 9.53 Å². The van der Waals surface area contributed by atoms with E-state index in [0.29, 0.717) is 18.1 Å². The average Bonchev–Trinajstić information content (AvgIpc) is 2.44. The summed E-state index contributed by atoms with van der Waals surface area (Å²) in [6, 6.07) is 3.61. The molecule has 0 spiro atoms. The van der Waals surface area contributed by atoms with Crippen LogP contribution in [0.15, 0.2) is 12.1 Å². The van der Waals surface area contributed by atoms with Crippen molar-refractivity contribution >= 4 is 11.7 Å². The molecule has 0 saturated carbocycles. The van der Waals surface area contributed by atoms with Gasteiger partial charge in [-0.05, 0) is 45.2 Å². The van der Waals surface area contributed by atoms with Crippen LogP contribution in [0.3, 0.4) is 0 Å². The summed E-state index contributed by atoms with van der Waals surface area (Å²) in [4.78, 5) is 12.2. The minimum Gasteiger partial charge on any atom is -0.375 e. The van der Waals surface area contributed by atoms with Crippen molar-refractivity contribution in [2.75, 3.05) is 18.5 Å². The maximum absolute atomic E-state index is 12.2. The number of amides is 1. The minimum absolute atomic E-state index is 0.126. The van der Waals surface area contributed by atoms with Crippen LogP contribution >= 0.6 is 0 Å². The zero-order valence-corrected chi connectivity index (χ0v) is 13.0. The number of nitrogens with zero attached hydrogens (tertiary/aromatic N) is 2. The molecule has 1 amide bonds. The van der Waals surface area contributed by atoms with Gasteiger partial charge in [0.25, 0.3) is 5.91 Å². The lowest BCUT2D eigenvalue weighted by molar-refractivity contribution is -0.0615. The Hall–Kier alpha value is -1.69. The lowest BCUT2D eigenvalue weighted by Crippen LogP contribution is -2.46. The maximum Gasteiger partial charge on any atom is 0.272 e. The van der Waals surface area contributed by atoms with Gasteiger partial charge in [-0.1, -0.05) is 6.92 Å². The molecule has 1 fully saturated rings. The van der Waals surface area contributed by atoms with Crippen molar-refractivity contribution in [3.63, 3.8) is 0 Å². The Labute approximate surface area is 125 Å². The second kappa shape index (κ2) is 6.85. The molecule has 6 heteroatoms. The van der Waals surface area contributed by atoms with E-state index in [-0.39, 0.29) is 17.6 Å². The van der Waals surface area contributed by atoms with Gasteiger partial charge in [-0.3, -0.25) is 4.79 Å². The Morgan fingerprint density at radius 1 is 1.43 bits per heavy atom. The first kappa shape index (κ1) is 15.7. The third kappa shape index (κ3) is 4.67. The molecule has 0 aliphatic carbocycles. The van der Waals surface area contributed by atoms with E-state index >= 15 is 0 Å². The van der Waals surface area contributed by atoms with E-state index in [9.17, 15) is 4.79 Å². The smallest absolute Gasteiger partial charge is 0.272 e. The van der Waals surface area contributed by atoms with E-state index < -0.39 is 0 Å². The Balaban J connectivity index is 1.91. The highest BCUT2D eigenvalue weighted by molar-refractivity contribution is 5.92. The van der Waals surface area contributed by atoms with Crippen LogP contribution in [0.4, 0.5) is 5.82 Å². The summed E-state index contributed by atoms with van der Waals surface area (Å²) in [5, 5.41) is 14.1. The molecule has 0 bridgehead atoms. The number of carbonyl (C=O) groups excluding carboxylic acids is 1. The third-order valence-electron chi connectivity index (χ3n) is 3.49. The third-order valence-corrected chi connectivity index (χ3v) is 3.49. The molecule has 2 heterocycles. The van der Waals surface area contributed by atoms with Gasteiger partial charge in [-0.15, -0.1) is 10.2 Å². The second-order valence-electron chi connectivity index (χ2n) is 6.00. The minimum atomic E-state index is -0.185. The summed E-state index contributed by atoms with van der Waals surface area (Å²) in [6.07, 6.45) is 2.66. The van der Waals surface area contributed by atoms with Crippen LogP contribution < -0.4 is 10.6 Å². The van der Waals surface area contributed by atoms with Crippen molar-refractivity contribution in [3.05, 3.63) is 17.8 Å². The molecule has 6 nitrogen and oxygen atoms in total. The van der Waals surface area contributed by atoms with Crippen LogP contribution in [0.5, 0.6) is 0 Å². The topological polar surface area (TPSA) is 76.1 Å². The zero-order valence-electron chi connectivity index (χ0n) is 13.0. The van der Waals surface area contributed by atoms with Crippen molar-refractivity contribution in [2.45, 2.75) is 51.7 Å². The summed E-state index contributed by atoms with van der Waals surface area (Å²) in [6.45, 7) is 7.68. The first-order chi connectivity index (χ1) is 10.00. The Morgan fingerprint density at radius 2 is 2.24 bits per heavy atom. The highest BCUT2D eigenvalue weighted by Gasteiger charge is 2.30. The molecule has 0 aromatic carbocycles. The van der Waals surface area contributed by atoms with Crippen LogP contribution in [-0.4, -0.2) is 40.9 Å². The summed E-state index contributed by atoms with van der Waals surface area (Å²) >= 11 is 0. The Morgan fingerprint density at radius 3 is 2.86 bits per heavy atom. The molecule has 1 saturated heterocycles. The fourth-order valence-electron chi connectivity index (χ4n) is 2.42. The van der Waals surface area contributed by atoms with Crippen LogP contribution in [0.25, 0.3) is 0 Å². The van der Waals surface area contributed by atoms with Crippen molar-refractivity contribution in [1.29, 1.82) is 0 Å². The molecule has 2 rings (SSSR count). The lowest BCUT2D eigenvalue weighted by Gasteiger charge is -2.35. The molecular formula is C15H24N4O2. The number of hydrogen-bond donors (Lipinski definition) is 2. The number of carbonyl (C=O) groups is 1. The molecule has 0 radical (unpaired) electrons. The molecule has 1 atom stereocenters. The highest BCUT2D eigenvalue weighted by Crippen LogP contribution is 2.24. The average molecular weight is 292 g/mol. The van der Waals surface area contributed by atoms with Gasteiger partial charge in [0, 0.05) is 19.2 Å². The van der Waals surface area contributed by atoms with Crippen molar-refractivity contribution in [2.24, 2.45) is 0 Å². The molecule has 116 valence electrons. The summed E-state index contributed by atoms with van der Waals surface area (Å²) in [5.41, 5.74) is 0.164. The molecular weight excluding hydrogens is 268 g/mol. The van der Waals surface area contributed by atoms with Gasteiger partial charge in [0.1, 0.15) is 5.82 Å². The predicted molar refractivity (Wildman–Crippen MR) is 81.3 cm³/mol. The lowest BCUT2D eigenvalue weighted by atomic mass is 9.94. The quantitative estimate of drug-likeness (QED) is 0.868. The number of rotatable bonds is 5. The van der Waals surface area contributed by atoms with Crippen LogP contribution in [-0.2, 0) is 4.74 Å². The summed E-state index contributed by atoms with van der Waals surface area (Å²) in [7, 11) is 0. The van der Waals surface area contributed by atoms with E-state index in [1.54, 1.807) is 12.1 Å². The van der Waals surface area contributed by atoms with Gasteiger partial charge in [0.2, 0.25) is 0 Å². The number of aromatic nitrogens is 2.